The Kier molecular flexibility index (Phi) is 3.50. The highest BCUT2D eigenvalue weighted by molar-refractivity contribution is 7.13. The molecule has 0 bridgehead atoms. The number of rotatable bonds is 2. The Morgan fingerprint density at radius 2 is 2.29 bits per heavy atom. The maximum atomic E-state index is 11.3. The van der Waals surface area contributed by atoms with Crippen LogP contribution in [0.5, 0.6) is 0 Å². The minimum atomic E-state index is -0.448. The van der Waals surface area contributed by atoms with Crippen molar-refractivity contribution >= 4 is 28.9 Å². The van der Waals surface area contributed by atoms with Crippen LogP contribution >= 0.6 is 22.9 Å². The smallest absolute Gasteiger partial charge is 0.312 e. The molecule has 0 unspecified atom stereocenters. The third-order valence-corrected chi connectivity index (χ3v) is 2.30. The molecule has 14 heavy (non-hydrogen) atoms. The van der Waals surface area contributed by atoms with E-state index in [1.54, 1.807) is 5.38 Å². The van der Waals surface area contributed by atoms with E-state index in [4.69, 9.17) is 16.3 Å². The summed E-state index contributed by atoms with van der Waals surface area (Å²) in [6.07, 6.45) is 0.181. The van der Waals surface area contributed by atoms with Gasteiger partial charge in [0, 0.05) is 5.38 Å². The normalized spacial score (nSPS) is 11.4. The molecule has 5 heteroatoms. The number of nitrogens with zero attached hydrogens (tertiary/aromatic N) is 1. The van der Waals surface area contributed by atoms with E-state index in [1.807, 2.05) is 20.8 Å². The van der Waals surface area contributed by atoms with Gasteiger partial charge in [-0.25, -0.2) is 4.98 Å². The molecule has 1 heterocycles. The topological polar surface area (TPSA) is 39.2 Å². The van der Waals surface area contributed by atoms with E-state index in [9.17, 15) is 4.79 Å². The Labute approximate surface area is 92.1 Å². The van der Waals surface area contributed by atoms with Crippen LogP contribution in [0.3, 0.4) is 0 Å². The number of hydrogen-bond acceptors (Lipinski definition) is 4. The van der Waals surface area contributed by atoms with Gasteiger partial charge in [-0.15, -0.1) is 11.3 Å². The second kappa shape index (κ2) is 4.28. The standard InChI is InChI=1S/C9H12ClNO2S/c1-9(2,3)13-7(12)4-6-5-14-8(10)11-6/h5H,4H2,1-3H3. The van der Waals surface area contributed by atoms with Crippen LogP contribution < -0.4 is 0 Å². The van der Waals surface area contributed by atoms with E-state index in [0.717, 1.165) is 0 Å². The monoisotopic (exact) mass is 233 g/mol. The zero-order valence-corrected chi connectivity index (χ0v) is 9.91. The molecule has 1 aromatic heterocycles. The molecule has 0 saturated carbocycles. The average Bonchev–Trinajstić information content (AvgIpc) is 2.30. The van der Waals surface area contributed by atoms with Crippen molar-refractivity contribution in [1.29, 1.82) is 0 Å². The maximum absolute atomic E-state index is 11.3. The Morgan fingerprint density at radius 1 is 1.64 bits per heavy atom. The van der Waals surface area contributed by atoms with Crippen LogP contribution in [-0.2, 0) is 16.0 Å². The van der Waals surface area contributed by atoms with Crippen LogP contribution in [0.25, 0.3) is 0 Å². The van der Waals surface area contributed by atoms with Gasteiger partial charge < -0.3 is 4.74 Å². The van der Waals surface area contributed by atoms with Gasteiger partial charge in [-0.05, 0) is 20.8 Å². The van der Waals surface area contributed by atoms with Crippen molar-refractivity contribution in [2.45, 2.75) is 32.8 Å². The van der Waals surface area contributed by atoms with Gasteiger partial charge >= 0.3 is 5.97 Å². The van der Waals surface area contributed by atoms with Crippen LogP contribution in [0.2, 0.25) is 4.47 Å². The third kappa shape index (κ3) is 4.07. The highest BCUT2D eigenvalue weighted by Crippen LogP contribution is 2.16. The Hall–Kier alpha value is -0.610. The first-order valence-electron chi connectivity index (χ1n) is 4.18. The SMILES string of the molecule is CC(C)(C)OC(=O)Cc1csc(Cl)n1. The van der Waals surface area contributed by atoms with Gasteiger partial charge in [0.2, 0.25) is 0 Å². The zero-order valence-electron chi connectivity index (χ0n) is 8.33. The molecule has 0 aliphatic rings. The van der Waals surface area contributed by atoms with E-state index < -0.39 is 5.60 Å². The molecule has 0 radical (unpaired) electrons. The van der Waals surface area contributed by atoms with Crippen molar-refractivity contribution in [2.75, 3.05) is 0 Å². The second-order valence-electron chi connectivity index (χ2n) is 3.86. The van der Waals surface area contributed by atoms with E-state index in [-0.39, 0.29) is 12.4 Å². The third-order valence-electron chi connectivity index (χ3n) is 1.27. The maximum Gasteiger partial charge on any atom is 0.312 e. The minimum absolute atomic E-state index is 0.181. The number of ether oxygens (including phenoxy) is 1. The van der Waals surface area contributed by atoms with Crippen molar-refractivity contribution < 1.29 is 9.53 Å². The van der Waals surface area contributed by atoms with Crippen molar-refractivity contribution in [3.05, 3.63) is 15.5 Å². The number of thiazole rings is 1. The Bertz CT molecular complexity index is 330. The van der Waals surface area contributed by atoms with Crippen LogP contribution in [-0.4, -0.2) is 16.6 Å². The first kappa shape index (κ1) is 11.5. The number of halogens is 1. The number of carbonyl (C=O) groups is 1. The van der Waals surface area contributed by atoms with Crippen molar-refractivity contribution in [3.8, 4) is 0 Å². The van der Waals surface area contributed by atoms with Gasteiger partial charge in [-0.3, -0.25) is 4.79 Å². The zero-order chi connectivity index (χ0) is 10.8. The highest BCUT2D eigenvalue weighted by atomic mass is 35.5. The Morgan fingerprint density at radius 3 is 2.71 bits per heavy atom. The lowest BCUT2D eigenvalue weighted by molar-refractivity contribution is -0.153. The van der Waals surface area contributed by atoms with E-state index >= 15 is 0 Å². The summed E-state index contributed by atoms with van der Waals surface area (Å²) in [6, 6.07) is 0. The molecule has 0 saturated heterocycles. The number of carbonyl (C=O) groups excluding carboxylic acids is 1. The average molecular weight is 234 g/mol. The summed E-state index contributed by atoms with van der Waals surface area (Å²) in [7, 11) is 0. The molecule has 78 valence electrons. The van der Waals surface area contributed by atoms with Crippen molar-refractivity contribution in [1.82, 2.24) is 4.98 Å². The van der Waals surface area contributed by atoms with Crippen LogP contribution in [0, 0.1) is 0 Å². The summed E-state index contributed by atoms with van der Waals surface area (Å²) >= 11 is 6.94. The molecule has 0 amide bonds. The lowest BCUT2D eigenvalue weighted by Gasteiger charge is -2.18. The first-order chi connectivity index (χ1) is 6.37. The fraction of sp³-hybridized carbons (Fsp3) is 0.556. The van der Waals surface area contributed by atoms with Gasteiger partial charge in [0.25, 0.3) is 0 Å². The molecule has 0 N–H and O–H groups in total. The van der Waals surface area contributed by atoms with Crippen LogP contribution in [0.4, 0.5) is 0 Å². The van der Waals surface area contributed by atoms with Crippen molar-refractivity contribution in [3.63, 3.8) is 0 Å². The molecular weight excluding hydrogens is 222 g/mol. The molecule has 0 fully saturated rings. The highest BCUT2D eigenvalue weighted by Gasteiger charge is 2.17. The van der Waals surface area contributed by atoms with Crippen LogP contribution in [0.1, 0.15) is 26.5 Å². The Balaban J connectivity index is 2.50. The number of esters is 1. The number of hydrogen-bond donors (Lipinski definition) is 0. The van der Waals surface area contributed by atoms with E-state index in [1.165, 1.54) is 11.3 Å². The summed E-state index contributed by atoms with van der Waals surface area (Å²) in [4.78, 5) is 15.3. The fourth-order valence-corrected chi connectivity index (χ4v) is 1.67. The summed E-state index contributed by atoms with van der Waals surface area (Å²) in [6.45, 7) is 5.50. The van der Waals surface area contributed by atoms with Crippen molar-refractivity contribution in [2.24, 2.45) is 0 Å². The molecule has 0 aromatic carbocycles. The number of aromatic nitrogens is 1. The van der Waals surface area contributed by atoms with Gasteiger partial charge in [0.05, 0.1) is 12.1 Å². The first-order valence-corrected chi connectivity index (χ1v) is 5.44. The molecule has 0 aliphatic heterocycles. The van der Waals surface area contributed by atoms with E-state index in [0.29, 0.717) is 10.2 Å². The lowest BCUT2D eigenvalue weighted by atomic mass is 10.2. The van der Waals surface area contributed by atoms with Gasteiger partial charge in [-0.2, -0.15) is 0 Å². The summed E-state index contributed by atoms with van der Waals surface area (Å²) < 4.78 is 5.58. The predicted molar refractivity (Wildman–Crippen MR) is 56.7 cm³/mol. The second-order valence-corrected chi connectivity index (χ2v) is 5.30. The van der Waals surface area contributed by atoms with E-state index in [2.05, 4.69) is 4.98 Å². The van der Waals surface area contributed by atoms with Crippen LogP contribution in [0.15, 0.2) is 5.38 Å². The molecule has 0 aliphatic carbocycles. The fourth-order valence-electron chi connectivity index (χ4n) is 0.889. The summed E-state index contributed by atoms with van der Waals surface area (Å²) in [5.74, 6) is -0.278. The summed E-state index contributed by atoms with van der Waals surface area (Å²) in [5, 5.41) is 1.76. The molecule has 1 aromatic rings. The molecular formula is C9H12ClNO2S. The largest absolute Gasteiger partial charge is 0.460 e. The quantitative estimate of drug-likeness (QED) is 0.738. The predicted octanol–water partition coefficient (Wildman–Crippen LogP) is 2.68. The van der Waals surface area contributed by atoms with Gasteiger partial charge in [-0.1, -0.05) is 11.6 Å². The molecule has 3 nitrogen and oxygen atoms in total. The van der Waals surface area contributed by atoms with Gasteiger partial charge in [0.1, 0.15) is 5.60 Å². The lowest BCUT2D eigenvalue weighted by Crippen LogP contribution is -2.24. The molecule has 0 atom stereocenters. The minimum Gasteiger partial charge on any atom is -0.460 e. The molecule has 1 rings (SSSR count). The van der Waals surface area contributed by atoms with Gasteiger partial charge in [0.15, 0.2) is 4.47 Å². The molecule has 0 spiro atoms. The summed E-state index contributed by atoms with van der Waals surface area (Å²) in [5.41, 5.74) is 0.214.